The Morgan fingerprint density at radius 2 is 1.40 bits per heavy atom. The lowest BCUT2D eigenvalue weighted by atomic mass is 10.0. The van der Waals surface area contributed by atoms with Gasteiger partial charge in [-0.25, -0.2) is 0 Å². The van der Waals surface area contributed by atoms with E-state index in [0.29, 0.717) is 17.5 Å². The van der Waals surface area contributed by atoms with Crippen LogP contribution in [0.15, 0.2) is 59.6 Å². The lowest BCUT2D eigenvalue weighted by Crippen LogP contribution is -2.57. The molecule has 0 aliphatic carbocycles. The summed E-state index contributed by atoms with van der Waals surface area (Å²) in [4.78, 5) is 65.9. The number of carboxylic acid groups (broad SMARTS) is 1. The number of aromatic hydroxyl groups is 1. The van der Waals surface area contributed by atoms with Gasteiger partial charge in [0.15, 0.2) is 5.96 Å². The van der Waals surface area contributed by atoms with Crippen molar-refractivity contribution in [3.63, 3.8) is 0 Å². The predicted molar refractivity (Wildman–Crippen MR) is 157 cm³/mol. The number of rotatable bonds is 17. The van der Waals surface area contributed by atoms with Crippen LogP contribution in [0.3, 0.4) is 0 Å². The summed E-state index contributed by atoms with van der Waals surface area (Å²) in [5, 5.41) is 28.0. The van der Waals surface area contributed by atoms with Crippen LogP contribution in [0.2, 0.25) is 0 Å². The fourth-order valence-electron chi connectivity index (χ4n) is 3.89. The van der Waals surface area contributed by atoms with Crippen molar-refractivity contribution in [3.8, 4) is 5.75 Å². The molecular formula is C28H38N8O7. The van der Waals surface area contributed by atoms with Crippen molar-refractivity contribution in [2.24, 2.45) is 22.2 Å². The van der Waals surface area contributed by atoms with Crippen molar-refractivity contribution in [3.05, 3.63) is 65.7 Å². The molecule has 3 atom stereocenters. The lowest BCUT2D eigenvalue weighted by molar-refractivity contribution is -0.138. The zero-order chi connectivity index (χ0) is 31.8. The molecule has 0 aromatic heterocycles. The number of nitrogens with two attached hydrogens (primary N) is 3. The smallest absolute Gasteiger partial charge is 0.322 e. The second-order valence-electron chi connectivity index (χ2n) is 9.63. The zero-order valence-corrected chi connectivity index (χ0v) is 23.5. The van der Waals surface area contributed by atoms with Gasteiger partial charge in [-0.1, -0.05) is 42.5 Å². The van der Waals surface area contributed by atoms with Crippen LogP contribution in [0.4, 0.5) is 0 Å². The van der Waals surface area contributed by atoms with Gasteiger partial charge in [0, 0.05) is 13.0 Å². The third kappa shape index (κ3) is 13.4. The highest BCUT2D eigenvalue weighted by atomic mass is 16.4. The lowest BCUT2D eigenvalue weighted by Gasteiger charge is -2.24. The fourth-order valence-corrected chi connectivity index (χ4v) is 3.89. The Labute approximate surface area is 248 Å². The molecule has 43 heavy (non-hydrogen) atoms. The number of phenols is 1. The largest absolute Gasteiger partial charge is 0.508 e. The van der Waals surface area contributed by atoms with Gasteiger partial charge in [0.05, 0.1) is 12.6 Å². The van der Waals surface area contributed by atoms with Gasteiger partial charge in [-0.2, -0.15) is 0 Å². The molecule has 0 unspecified atom stereocenters. The second kappa shape index (κ2) is 17.6. The van der Waals surface area contributed by atoms with E-state index < -0.39 is 60.8 Å². The third-order valence-corrected chi connectivity index (χ3v) is 6.08. The van der Waals surface area contributed by atoms with E-state index in [-0.39, 0.29) is 37.5 Å². The number of carbonyl (C=O) groups excluding carboxylic acids is 4. The maximum Gasteiger partial charge on any atom is 0.322 e. The quantitative estimate of drug-likeness (QED) is 0.0541. The van der Waals surface area contributed by atoms with Gasteiger partial charge in [0.1, 0.15) is 24.4 Å². The highest BCUT2D eigenvalue weighted by molar-refractivity contribution is 5.94. The van der Waals surface area contributed by atoms with Gasteiger partial charge in [-0.15, -0.1) is 0 Å². The Morgan fingerprint density at radius 1 is 0.767 bits per heavy atom. The fraction of sp³-hybridized carbons (Fsp3) is 0.357. The zero-order valence-electron chi connectivity index (χ0n) is 23.5. The van der Waals surface area contributed by atoms with E-state index in [1.165, 1.54) is 12.1 Å². The summed E-state index contributed by atoms with van der Waals surface area (Å²) < 4.78 is 0. The van der Waals surface area contributed by atoms with Crippen molar-refractivity contribution >= 4 is 35.6 Å². The first-order chi connectivity index (χ1) is 20.4. The Hall–Kier alpha value is -5.18. The molecule has 0 spiro atoms. The minimum absolute atomic E-state index is 0.0597. The number of hydrogen-bond donors (Lipinski definition) is 9. The van der Waals surface area contributed by atoms with Crippen molar-refractivity contribution in [1.29, 1.82) is 0 Å². The van der Waals surface area contributed by atoms with Crippen molar-refractivity contribution < 1.29 is 34.2 Å². The summed E-state index contributed by atoms with van der Waals surface area (Å²) in [6.07, 6.45) is 0.613. The summed E-state index contributed by atoms with van der Waals surface area (Å²) in [7, 11) is 0. The summed E-state index contributed by atoms with van der Waals surface area (Å²) >= 11 is 0. The number of aliphatic imine (C=N–C) groups is 1. The second-order valence-corrected chi connectivity index (χ2v) is 9.63. The molecule has 12 N–H and O–H groups in total. The van der Waals surface area contributed by atoms with Crippen LogP contribution in [0.1, 0.15) is 24.0 Å². The van der Waals surface area contributed by atoms with E-state index in [0.717, 1.165) is 0 Å². The topological polar surface area (TPSA) is 264 Å². The Balaban J connectivity index is 2.16. The number of guanidine groups is 1. The van der Waals surface area contributed by atoms with Crippen LogP contribution in [0.5, 0.6) is 5.75 Å². The molecule has 15 heteroatoms. The van der Waals surface area contributed by atoms with E-state index in [2.05, 4.69) is 26.3 Å². The minimum atomic E-state index is -1.25. The first-order valence-corrected chi connectivity index (χ1v) is 13.4. The average molecular weight is 599 g/mol. The molecule has 0 saturated heterocycles. The number of aliphatic carboxylic acids is 1. The van der Waals surface area contributed by atoms with Crippen LogP contribution in [0, 0.1) is 0 Å². The number of carbonyl (C=O) groups is 5. The van der Waals surface area contributed by atoms with Gasteiger partial charge in [-0.05, 0) is 42.5 Å². The van der Waals surface area contributed by atoms with Crippen LogP contribution in [-0.2, 0) is 36.8 Å². The van der Waals surface area contributed by atoms with E-state index in [1.807, 2.05) is 0 Å². The van der Waals surface area contributed by atoms with Crippen LogP contribution >= 0.6 is 0 Å². The molecule has 0 aliphatic heterocycles. The summed E-state index contributed by atoms with van der Waals surface area (Å²) in [5.74, 6) is -4.03. The first-order valence-electron chi connectivity index (χ1n) is 13.4. The maximum atomic E-state index is 13.4. The summed E-state index contributed by atoms with van der Waals surface area (Å²) in [5.41, 5.74) is 18.2. The molecule has 0 fully saturated rings. The first kappa shape index (κ1) is 34.0. The van der Waals surface area contributed by atoms with E-state index in [1.54, 1.807) is 42.5 Å². The maximum absolute atomic E-state index is 13.4. The number of amides is 4. The van der Waals surface area contributed by atoms with Crippen molar-refractivity contribution in [2.45, 2.75) is 43.8 Å². The molecule has 2 aromatic carbocycles. The van der Waals surface area contributed by atoms with Crippen molar-refractivity contribution in [2.75, 3.05) is 19.6 Å². The molecule has 0 heterocycles. The molecule has 0 radical (unpaired) electrons. The highest BCUT2D eigenvalue weighted by Gasteiger charge is 2.28. The minimum Gasteiger partial charge on any atom is -0.508 e. The Kier molecular flexibility index (Phi) is 13.9. The molecule has 0 bridgehead atoms. The normalized spacial score (nSPS) is 12.6. The molecule has 2 aromatic rings. The van der Waals surface area contributed by atoms with Crippen molar-refractivity contribution in [1.82, 2.24) is 21.3 Å². The number of benzene rings is 2. The van der Waals surface area contributed by atoms with Gasteiger partial charge in [0.25, 0.3) is 0 Å². The number of hydrogen-bond acceptors (Lipinski definition) is 8. The SMILES string of the molecule is NC(N)=NCCC[C@H](NC(=O)[C@@H](N)Cc1ccc(O)cc1)C(=O)N[C@@H](Cc1ccccc1)C(=O)NCC(=O)NCC(=O)O. The molecule has 232 valence electrons. The molecule has 0 saturated carbocycles. The van der Waals surface area contributed by atoms with Gasteiger partial charge in [-0.3, -0.25) is 29.0 Å². The standard InChI is InChI=1S/C28H38N8O7/c29-20(13-18-8-10-19(37)11-9-18)25(41)35-21(7-4-12-32-28(30)31)27(43)36-22(14-17-5-2-1-3-6-17)26(42)34-15-23(38)33-16-24(39)40/h1-3,5-6,8-11,20-22,37H,4,7,12-16,29H2,(H,33,38)(H,34,42)(H,35,41)(H,36,43)(H,39,40)(H4,30,31,32)/t20-,21-,22-/m0/s1. The average Bonchev–Trinajstić information content (AvgIpc) is 2.97. The molecule has 15 nitrogen and oxygen atoms in total. The number of nitrogens with one attached hydrogen (secondary N) is 4. The van der Waals surface area contributed by atoms with E-state index >= 15 is 0 Å². The van der Waals surface area contributed by atoms with E-state index in [9.17, 15) is 29.1 Å². The Bertz CT molecular complexity index is 1270. The predicted octanol–water partition coefficient (Wildman–Crippen LogP) is -2.16. The number of nitrogens with zero attached hydrogens (tertiary/aromatic N) is 1. The molecule has 0 aliphatic rings. The van der Waals surface area contributed by atoms with Crippen LogP contribution in [-0.4, -0.2) is 83.5 Å². The summed E-state index contributed by atoms with van der Waals surface area (Å²) in [6, 6.07) is 11.7. The monoisotopic (exact) mass is 598 g/mol. The van der Waals surface area contributed by atoms with Gasteiger partial charge < -0.3 is 48.7 Å². The molecule has 2 rings (SSSR count). The van der Waals surface area contributed by atoms with Crippen LogP contribution in [0.25, 0.3) is 0 Å². The third-order valence-electron chi connectivity index (χ3n) is 6.08. The number of phenolic OH excluding ortho intramolecular Hbond substituents is 1. The van der Waals surface area contributed by atoms with Crippen LogP contribution < -0.4 is 38.5 Å². The molecule has 4 amide bonds. The van der Waals surface area contributed by atoms with Gasteiger partial charge in [0.2, 0.25) is 23.6 Å². The number of carboxylic acids is 1. The molecular weight excluding hydrogens is 560 g/mol. The summed E-state index contributed by atoms with van der Waals surface area (Å²) in [6.45, 7) is -0.950. The Morgan fingerprint density at radius 3 is 2.02 bits per heavy atom. The van der Waals surface area contributed by atoms with Gasteiger partial charge >= 0.3 is 5.97 Å². The highest BCUT2D eigenvalue weighted by Crippen LogP contribution is 2.11. The van der Waals surface area contributed by atoms with E-state index in [4.69, 9.17) is 22.3 Å².